The molecule has 3 rings (SSSR count). The summed E-state index contributed by atoms with van der Waals surface area (Å²) in [6.07, 6.45) is 3.91. The molecule has 22 heavy (non-hydrogen) atoms. The van der Waals surface area contributed by atoms with E-state index in [-0.39, 0.29) is 0 Å². The molecule has 1 aromatic carbocycles. The second-order valence-electron chi connectivity index (χ2n) is 5.93. The van der Waals surface area contributed by atoms with Crippen molar-refractivity contribution in [2.75, 3.05) is 6.54 Å². The Morgan fingerprint density at radius 1 is 1.23 bits per heavy atom. The highest BCUT2D eigenvalue weighted by molar-refractivity contribution is 5.42. The Labute approximate surface area is 130 Å². The second-order valence-corrected chi connectivity index (χ2v) is 5.93. The van der Waals surface area contributed by atoms with Crippen LogP contribution >= 0.6 is 0 Å². The van der Waals surface area contributed by atoms with Gasteiger partial charge in [0.25, 0.3) is 0 Å². The van der Waals surface area contributed by atoms with Crippen molar-refractivity contribution in [3.8, 4) is 0 Å². The summed E-state index contributed by atoms with van der Waals surface area (Å²) in [5.41, 5.74) is 3.25. The molecule has 2 heterocycles. The predicted octanol–water partition coefficient (Wildman–Crippen LogP) is 2.64. The van der Waals surface area contributed by atoms with Gasteiger partial charge in [0, 0.05) is 19.3 Å². The van der Waals surface area contributed by atoms with Gasteiger partial charge in [-0.15, -0.1) is 0 Å². The zero-order chi connectivity index (χ0) is 15.6. The van der Waals surface area contributed by atoms with Crippen LogP contribution < -0.4 is 5.32 Å². The van der Waals surface area contributed by atoms with Crippen molar-refractivity contribution in [3.63, 3.8) is 0 Å². The van der Waals surface area contributed by atoms with Gasteiger partial charge in [0.05, 0.1) is 17.5 Å². The Kier molecular flexibility index (Phi) is 3.96. The van der Waals surface area contributed by atoms with E-state index in [1.807, 2.05) is 49.6 Å². The molecule has 114 valence electrons. The molecule has 1 unspecified atom stereocenters. The van der Waals surface area contributed by atoms with Gasteiger partial charge in [-0.2, -0.15) is 0 Å². The number of hydrogen-bond acceptors (Lipinski definition) is 3. The van der Waals surface area contributed by atoms with Crippen LogP contribution in [0.4, 0.5) is 0 Å². The Morgan fingerprint density at radius 3 is 2.77 bits per heavy atom. The van der Waals surface area contributed by atoms with Crippen LogP contribution in [0.3, 0.4) is 0 Å². The molecule has 0 bridgehead atoms. The van der Waals surface area contributed by atoms with Crippen molar-refractivity contribution in [2.45, 2.75) is 26.0 Å². The van der Waals surface area contributed by atoms with Crippen LogP contribution in [0.15, 0.2) is 54.9 Å². The summed E-state index contributed by atoms with van der Waals surface area (Å²) >= 11 is 0. The van der Waals surface area contributed by atoms with Crippen LogP contribution in [0.1, 0.15) is 23.7 Å². The van der Waals surface area contributed by atoms with E-state index >= 15 is 0 Å². The van der Waals surface area contributed by atoms with E-state index in [0.717, 1.165) is 16.9 Å². The van der Waals surface area contributed by atoms with Crippen LogP contribution in [0.25, 0.3) is 5.65 Å². The maximum atomic E-state index is 10.6. The minimum atomic E-state index is -0.891. The Bertz CT molecular complexity index is 762. The van der Waals surface area contributed by atoms with Crippen molar-refractivity contribution in [1.29, 1.82) is 0 Å². The number of fused-ring (bicyclic) bond motifs is 1. The minimum absolute atomic E-state index is 0.482. The molecule has 2 aromatic heterocycles. The lowest BCUT2D eigenvalue weighted by Gasteiger charge is -2.24. The highest BCUT2D eigenvalue weighted by Crippen LogP contribution is 2.19. The molecule has 0 fully saturated rings. The van der Waals surface area contributed by atoms with Crippen LogP contribution in [-0.2, 0) is 12.1 Å². The number of rotatable bonds is 5. The highest BCUT2D eigenvalue weighted by Gasteiger charge is 2.22. The summed E-state index contributed by atoms with van der Waals surface area (Å²) in [4.78, 5) is 4.41. The molecule has 4 heteroatoms. The van der Waals surface area contributed by atoms with Crippen molar-refractivity contribution in [1.82, 2.24) is 14.7 Å². The third-order valence-corrected chi connectivity index (χ3v) is 3.92. The minimum Gasteiger partial charge on any atom is -0.384 e. The van der Waals surface area contributed by atoms with Gasteiger partial charge in [0.2, 0.25) is 0 Å². The molecule has 3 aromatic rings. The van der Waals surface area contributed by atoms with Crippen LogP contribution in [0.5, 0.6) is 0 Å². The summed E-state index contributed by atoms with van der Waals surface area (Å²) < 4.78 is 2.07. The predicted molar refractivity (Wildman–Crippen MR) is 87.6 cm³/mol. The largest absolute Gasteiger partial charge is 0.384 e. The molecule has 0 spiro atoms. The van der Waals surface area contributed by atoms with Crippen molar-refractivity contribution in [3.05, 3.63) is 71.7 Å². The fourth-order valence-corrected chi connectivity index (χ4v) is 2.60. The number of nitrogens with one attached hydrogen (secondary N) is 1. The molecule has 0 amide bonds. The van der Waals surface area contributed by atoms with Gasteiger partial charge in [-0.1, -0.05) is 30.3 Å². The third-order valence-electron chi connectivity index (χ3n) is 3.92. The normalized spacial score (nSPS) is 14.1. The van der Waals surface area contributed by atoms with Gasteiger partial charge in [0.1, 0.15) is 5.65 Å². The molecule has 0 saturated carbocycles. The Morgan fingerprint density at radius 2 is 2.00 bits per heavy atom. The van der Waals surface area contributed by atoms with Crippen LogP contribution in [-0.4, -0.2) is 21.0 Å². The first-order chi connectivity index (χ1) is 10.6. The molecule has 0 aliphatic heterocycles. The number of imidazole rings is 1. The number of benzene rings is 1. The molecule has 4 nitrogen and oxygen atoms in total. The zero-order valence-corrected chi connectivity index (χ0v) is 13.0. The maximum absolute atomic E-state index is 10.6. The van der Waals surface area contributed by atoms with Gasteiger partial charge in [-0.05, 0) is 37.1 Å². The summed E-state index contributed by atoms with van der Waals surface area (Å²) in [5, 5.41) is 13.9. The number of aliphatic hydroxyl groups is 1. The fraction of sp³-hybridized carbons (Fsp3) is 0.278. The quantitative estimate of drug-likeness (QED) is 0.761. The van der Waals surface area contributed by atoms with Crippen LogP contribution in [0, 0.1) is 6.92 Å². The van der Waals surface area contributed by atoms with E-state index in [4.69, 9.17) is 0 Å². The second kappa shape index (κ2) is 5.91. The van der Waals surface area contributed by atoms with Gasteiger partial charge >= 0.3 is 0 Å². The summed E-state index contributed by atoms with van der Waals surface area (Å²) in [5.74, 6) is 0. The first-order valence-corrected chi connectivity index (χ1v) is 7.47. The Balaban J connectivity index is 1.67. The SMILES string of the molecule is Cc1ccn2c(CNCC(C)(O)c3ccccc3)cnc2c1. The first-order valence-electron chi connectivity index (χ1n) is 7.47. The molecular weight excluding hydrogens is 274 g/mol. The first kappa shape index (κ1) is 14.8. The topological polar surface area (TPSA) is 49.6 Å². The van der Waals surface area contributed by atoms with Gasteiger partial charge in [-0.25, -0.2) is 4.98 Å². The average molecular weight is 295 g/mol. The summed E-state index contributed by atoms with van der Waals surface area (Å²) in [7, 11) is 0. The van der Waals surface area contributed by atoms with E-state index in [1.165, 1.54) is 5.56 Å². The summed E-state index contributed by atoms with van der Waals surface area (Å²) in [6, 6.07) is 13.8. The van der Waals surface area contributed by atoms with Crippen molar-refractivity contribution < 1.29 is 5.11 Å². The highest BCUT2D eigenvalue weighted by atomic mass is 16.3. The number of hydrogen-bond donors (Lipinski definition) is 2. The fourth-order valence-electron chi connectivity index (χ4n) is 2.60. The lowest BCUT2D eigenvalue weighted by Crippen LogP contribution is -2.35. The van der Waals surface area contributed by atoms with E-state index in [0.29, 0.717) is 13.1 Å². The van der Waals surface area contributed by atoms with E-state index in [1.54, 1.807) is 0 Å². The number of nitrogens with zero attached hydrogens (tertiary/aromatic N) is 2. The third kappa shape index (κ3) is 3.03. The lowest BCUT2D eigenvalue weighted by atomic mass is 9.96. The molecule has 2 N–H and O–H groups in total. The average Bonchev–Trinajstić information content (AvgIpc) is 2.90. The van der Waals surface area contributed by atoms with Gasteiger partial charge < -0.3 is 14.8 Å². The molecule has 1 atom stereocenters. The molecule has 0 saturated heterocycles. The molecule has 0 radical (unpaired) electrons. The van der Waals surface area contributed by atoms with E-state index in [9.17, 15) is 5.11 Å². The number of aryl methyl sites for hydroxylation is 1. The van der Waals surface area contributed by atoms with Crippen LogP contribution in [0.2, 0.25) is 0 Å². The smallest absolute Gasteiger partial charge is 0.137 e. The van der Waals surface area contributed by atoms with Crippen molar-refractivity contribution in [2.24, 2.45) is 0 Å². The number of pyridine rings is 1. The van der Waals surface area contributed by atoms with Gasteiger partial charge in [0.15, 0.2) is 0 Å². The van der Waals surface area contributed by atoms with E-state index < -0.39 is 5.60 Å². The monoisotopic (exact) mass is 295 g/mol. The van der Waals surface area contributed by atoms with Gasteiger partial charge in [-0.3, -0.25) is 0 Å². The maximum Gasteiger partial charge on any atom is 0.137 e. The molecule has 0 aliphatic carbocycles. The summed E-state index contributed by atoms with van der Waals surface area (Å²) in [6.45, 7) is 5.03. The van der Waals surface area contributed by atoms with E-state index in [2.05, 4.69) is 33.8 Å². The lowest BCUT2D eigenvalue weighted by molar-refractivity contribution is 0.0566. The molecular formula is C18H21N3O. The standard InChI is InChI=1S/C18H21N3O/c1-14-8-9-21-16(12-20-17(21)10-14)11-19-13-18(2,22)15-6-4-3-5-7-15/h3-10,12,19,22H,11,13H2,1-2H3. The zero-order valence-electron chi connectivity index (χ0n) is 13.0. The number of aromatic nitrogens is 2. The van der Waals surface area contributed by atoms with Crippen molar-refractivity contribution >= 4 is 5.65 Å². The Hall–Kier alpha value is -2.17. The molecule has 0 aliphatic rings.